The summed E-state index contributed by atoms with van der Waals surface area (Å²) in [5.74, 6) is 0.180. The van der Waals surface area contributed by atoms with Crippen LogP contribution in [0.1, 0.15) is 36.9 Å². The molecule has 0 aliphatic carbocycles. The van der Waals surface area contributed by atoms with Gasteiger partial charge in [0.1, 0.15) is 12.4 Å². The van der Waals surface area contributed by atoms with E-state index < -0.39 is 11.9 Å². The Morgan fingerprint density at radius 3 is 2.52 bits per heavy atom. The number of benzene rings is 2. The summed E-state index contributed by atoms with van der Waals surface area (Å²) in [5, 5.41) is 5.80. The third kappa shape index (κ3) is 4.68. The van der Waals surface area contributed by atoms with Gasteiger partial charge < -0.3 is 14.4 Å². The summed E-state index contributed by atoms with van der Waals surface area (Å²) in [4.78, 5) is 26.4. The van der Waals surface area contributed by atoms with Crippen LogP contribution in [0.5, 0.6) is 11.5 Å². The molecule has 1 aliphatic rings. The van der Waals surface area contributed by atoms with Crippen LogP contribution in [0.4, 0.5) is 4.39 Å². The summed E-state index contributed by atoms with van der Waals surface area (Å²) >= 11 is 0. The van der Waals surface area contributed by atoms with Gasteiger partial charge in [-0.15, -0.1) is 0 Å². The van der Waals surface area contributed by atoms with Crippen LogP contribution < -0.4 is 9.47 Å². The number of amides is 2. The molecule has 0 bridgehead atoms. The van der Waals surface area contributed by atoms with Crippen LogP contribution in [0.3, 0.4) is 0 Å². The van der Waals surface area contributed by atoms with Gasteiger partial charge in [-0.3, -0.25) is 9.59 Å². The number of ether oxygens (including phenoxy) is 2. The molecule has 2 aromatic carbocycles. The molecule has 0 saturated carbocycles. The lowest BCUT2D eigenvalue weighted by atomic mass is 9.97. The van der Waals surface area contributed by atoms with Crippen molar-refractivity contribution >= 4 is 17.5 Å². The van der Waals surface area contributed by atoms with Gasteiger partial charge in [-0.2, -0.15) is 5.10 Å². The molecular formula is C23H26FN3O4. The van der Waals surface area contributed by atoms with Gasteiger partial charge in [0.25, 0.3) is 5.91 Å². The largest absolute Gasteiger partial charge is 0.493 e. The van der Waals surface area contributed by atoms with Crippen molar-refractivity contribution in [3.05, 3.63) is 59.4 Å². The van der Waals surface area contributed by atoms with Gasteiger partial charge in [-0.1, -0.05) is 31.2 Å². The van der Waals surface area contributed by atoms with Gasteiger partial charge in [-0.25, -0.2) is 9.40 Å². The van der Waals surface area contributed by atoms with E-state index in [-0.39, 0.29) is 18.4 Å². The first kappa shape index (κ1) is 22.3. The molecule has 0 aromatic heterocycles. The third-order valence-corrected chi connectivity index (χ3v) is 5.24. The highest BCUT2D eigenvalue weighted by molar-refractivity contribution is 6.03. The maximum Gasteiger partial charge on any atom is 0.262 e. The number of carbonyl (C=O) groups excluding carboxylic acids is 2. The van der Waals surface area contributed by atoms with Gasteiger partial charge in [0.2, 0.25) is 5.91 Å². The monoisotopic (exact) mass is 427 g/mol. The first-order chi connectivity index (χ1) is 14.9. The molecule has 7 nitrogen and oxygen atoms in total. The van der Waals surface area contributed by atoms with Crippen LogP contribution in [0.2, 0.25) is 0 Å². The number of hydrogen-bond acceptors (Lipinski definition) is 5. The molecule has 8 heteroatoms. The van der Waals surface area contributed by atoms with E-state index in [1.807, 2.05) is 6.07 Å². The summed E-state index contributed by atoms with van der Waals surface area (Å²) in [6.45, 7) is 1.62. The minimum Gasteiger partial charge on any atom is -0.493 e. The number of carbonyl (C=O) groups is 2. The molecule has 2 aromatic rings. The quantitative estimate of drug-likeness (QED) is 0.679. The van der Waals surface area contributed by atoms with E-state index >= 15 is 0 Å². The van der Waals surface area contributed by atoms with Crippen molar-refractivity contribution in [1.82, 2.24) is 9.91 Å². The number of methoxy groups -OCH3 is 2. The van der Waals surface area contributed by atoms with Crippen molar-refractivity contribution in [3.8, 4) is 11.5 Å². The lowest BCUT2D eigenvalue weighted by molar-refractivity contribution is -0.140. The Bertz CT molecular complexity index is 1010. The fourth-order valence-electron chi connectivity index (χ4n) is 3.55. The minimum atomic E-state index is -0.466. The van der Waals surface area contributed by atoms with Gasteiger partial charge in [0.05, 0.1) is 26.0 Å². The Morgan fingerprint density at radius 2 is 1.87 bits per heavy atom. The second-order valence-corrected chi connectivity index (χ2v) is 7.20. The first-order valence-corrected chi connectivity index (χ1v) is 9.99. The number of hydrazone groups is 1. The average Bonchev–Trinajstić information content (AvgIpc) is 3.23. The van der Waals surface area contributed by atoms with E-state index in [0.29, 0.717) is 35.6 Å². The highest BCUT2D eigenvalue weighted by atomic mass is 19.1. The van der Waals surface area contributed by atoms with E-state index in [1.54, 1.807) is 51.4 Å². The Hall–Kier alpha value is -3.42. The van der Waals surface area contributed by atoms with E-state index in [2.05, 4.69) is 5.10 Å². The minimum absolute atomic E-state index is 0.121. The predicted octanol–water partition coefficient (Wildman–Crippen LogP) is 3.39. The SMILES string of the molecule is CCC(=O)N(C)CC(=O)N1N=C(c2ccccc2F)C[C@H]1c1ccc(OC)c(OC)c1. The molecule has 2 amide bonds. The zero-order valence-corrected chi connectivity index (χ0v) is 18.1. The number of rotatable bonds is 7. The van der Waals surface area contributed by atoms with Crippen molar-refractivity contribution in [2.45, 2.75) is 25.8 Å². The van der Waals surface area contributed by atoms with Crippen LogP contribution in [0, 0.1) is 5.82 Å². The summed E-state index contributed by atoms with van der Waals surface area (Å²) in [7, 11) is 4.65. The van der Waals surface area contributed by atoms with Crippen LogP contribution in [-0.2, 0) is 9.59 Å². The summed E-state index contributed by atoms with van der Waals surface area (Å²) in [5.41, 5.74) is 1.59. The van der Waals surface area contributed by atoms with E-state index in [9.17, 15) is 14.0 Å². The van der Waals surface area contributed by atoms with Crippen molar-refractivity contribution in [3.63, 3.8) is 0 Å². The zero-order valence-electron chi connectivity index (χ0n) is 18.1. The molecular weight excluding hydrogens is 401 g/mol. The Morgan fingerprint density at radius 1 is 1.16 bits per heavy atom. The number of likely N-dealkylation sites (N-methyl/N-ethyl adjacent to an activating group) is 1. The maximum absolute atomic E-state index is 14.4. The smallest absolute Gasteiger partial charge is 0.262 e. The van der Waals surface area contributed by atoms with Crippen molar-refractivity contribution in [2.75, 3.05) is 27.8 Å². The standard InChI is InChI=1S/C23H26FN3O4/c1-5-22(28)26(2)14-23(29)27-19(15-10-11-20(30-3)21(12-15)31-4)13-18(25-27)16-8-6-7-9-17(16)24/h6-12,19H,5,13-14H2,1-4H3/t19-/m0/s1. The Kier molecular flexibility index (Phi) is 6.89. The number of hydrogen-bond donors (Lipinski definition) is 0. The molecule has 3 rings (SSSR count). The molecule has 164 valence electrons. The molecule has 0 saturated heterocycles. The molecule has 0 radical (unpaired) electrons. The van der Waals surface area contributed by atoms with E-state index in [4.69, 9.17) is 9.47 Å². The number of nitrogens with zero attached hydrogens (tertiary/aromatic N) is 3. The van der Waals surface area contributed by atoms with E-state index in [0.717, 1.165) is 5.56 Å². The summed E-state index contributed by atoms with van der Waals surface area (Å²) < 4.78 is 25.1. The molecule has 0 N–H and O–H groups in total. The lowest BCUT2D eigenvalue weighted by Crippen LogP contribution is -2.39. The Labute approximate surface area is 181 Å². The van der Waals surface area contributed by atoms with Crippen molar-refractivity contribution < 1.29 is 23.5 Å². The van der Waals surface area contributed by atoms with Crippen molar-refractivity contribution in [1.29, 1.82) is 0 Å². The van der Waals surface area contributed by atoms with Gasteiger partial charge in [0, 0.05) is 25.5 Å². The normalized spacial score (nSPS) is 15.5. The molecule has 0 spiro atoms. The third-order valence-electron chi connectivity index (χ3n) is 5.24. The van der Waals surface area contributed by atoms with Gasteiger partial charge in [0.15, 0.2) is 11.5 Å². The highest BCUT2D eigenvalue weighted by Gasteiger charge is 2.35. The molecule has 0 fully saturated rings. The molecule has 0 unspecified atom stereocenters. The highest BCUT2D eigenvalue weighted by Crippen LogP contribution is 2.37. The molecule has 31 heavy (non-hydrogen) atoms. The van der Waals surface area contributed by atoms with Gasteiger partial charge >= 0.3 is 0 Å². The molecule has 1 atom stereocenters. The van der Waals surface area contributed by atoms with E-state index in [1.165, 1.54) is 23.1 Å². The van der Waals surface area contributed by atoms with Crippen LogP contribution >= 0.6 is 0 Å². The first-order valence-electron chi connectivity index (χ1n) is 9.99. The lowest BCUT2D eigenvalue weighted by Gasteiger charge is -2.25. The second kappa shape index (κ2) is 9.59. The predicted molar refractivity (Wildman–Crippen MR) is 115 cm³/mol. The number of halogens is 1. The molecule has 1 aliphatic heterocycles. The Balaban J connectivity index is 1.97. The average molecular weight is 427 g/mol. The fourth-order valence-corrected chi connectivity index (χ4v) is 3.55. The summed E-state index contributed by atoms with van der Waals surface area (Å²) in [6.07, 6.45) is 0.625. The van der Waals surface area contributed by atoms with Crippen LogP contribution in [0.15, 0.2) is 47.6 Å². The van der Waals surface area contributed by atoms with Crippen molar-refractivity contribution in [2.24, 2.45) is 5.10 Å². The van der Waals surface area contributed by atoms with Crippen LogP contribution in [0.25, 0.3) is 0 Å². The zero-order chi connectivity index (χ0) is 22.5. The second-order valence-electron chi connectivity index (χ2n) is 7.20. The maximum atomic E-state index is 14.4. The summed E-state index contributed by atoms with van der Waals surface area (Å²) in [6, 6.07) is 11.2. The molecule has 1 heterocycles. The topological polar surface area (TPSA) is 71.4 Å². The fraction of sp³-hybridized carbons (Fsp3) is 0.348. The van der Waals surface area contributed by atoms with Crippen LogP contribution in [-0.4, -0.2) is 55.2 Å². The van der Waals surface area contributed by atoms with Gasteiger partial charge in [-0.05, 0) is 23.8 Å².